The Balaban J connectivity index is 2.31. The monoisotopic (exact) mass is 485 g/mol. The molecule has 1 fully saturated rings. The number of aromatic amines is 1. The van der Waals surface area contributed by atoms with Gasteiger partial charge in [-0.25, -0.2) is 4.79 Å². The van der Waals surface area contributed by atoms with E-state index < -0.39 is 23.7 Å². The number of hydrogen-bond donors (Lipinski definition) is 2. The van der Waals surface area contributed by atoms with Gasteiger partial charge in [-0.2, -0.15) is 0 Å². The molecule has 0 radical (unpaired) electrons. The maximum Gasteiger partial charge on any atom is 0.354 e. The molecule has 1 aliphatic heterocycles. The van der Waals surface area contributed by atoms with Crippen LogP contribution in [-0.4, -0.2) is 86.1 Å². The van der Waals surface area contributed by atoms with E-state index in [4.69, 9.17) is 14.2 Å². The third-order valence-corrected chi connectivity index (χ3v) is 6.12. The zero-order valence-corrected chi connectivity index (χ0v) is 21.0. The molecule has 0 saturated carbocycles. The highest BCUT2D eigenvalue weighted by Crippen LogP contribution is 2.44. The summed E-state index contributed by atoms with van der Waals surface area (Å²) < 4.78 is 15.7. The van der Waals surface area contributed by atoms with Gasteiger partial charge in [0, 0.05) is 29.9 Å². The number of benzene rings is 1. The van der Waals surface area contributed by atoms with Crippen molar-refractivity contribution >= 4 is 23.4 Å². The van der Waals surface area contributed by atoms with Crippen LogP contribution in [0.5, 0.6) is 11.5 Å². The van der Waals surface area contributed by atoms with Gasteiger partial charge >= 0.3 is 5.97 Å². The maximum atomic E-state index is 13.3. The Labute approximate surface area is 204 Å². The highest BCUT2D eigenvalue weighted by molar-refractivity contribution is 6.46. The number of aryl methyl sites for hydroxylation is 1. The summed E-state index contributed by atoms with van der Waals surface area (Å²) in [5.41, 5.74) is 1.68. The topological polar surface area (TPSA) is 121 Å². The van der Waals surface area contributed by atoms with Gasteiger partial charge in [0.15, 0.2) is 0 Å². The van der Waals surface area contributed by atoms with Crippen LogP contribution in [0.15, 0.2) is 23.8 Å². The normalized spacial score (nSPS) is 17.3. The van der Waals surface area contributed by atoms with Crippen LogP contribution in [0.2, 0.25) is 0 Å². The first-order valence-corrected chi connectivity index (χ1v) is 11.0. The van der Waals surface area contributed by atoms with Crippen LogP contribution in [0.3, 0.4) is 0 Å². The number of carbonyl (C=O) groups is 3. The summed E-state index contributed by atoms with van der Waals surface area (Å²) in [7, 11) is 7.97. The molecule has 1 saturated heterocycles. The number of hydrogen-bond acceptors (Lipinski definition) is 8. The number of likely N-dealkylation sites (N-methyl/N-ethyl adjacent to an activating group) is 1. The number of esters is 1. The number of aliphatic hydroxyl groups excluding tert-OH is 1. The van der Waals surface area contributed by atoms with Crippen molar-refractivity contribution in [3.05, 3.63) is 51.9 Å². The molecular weight excluding hydrogens is 454 g/mol. The van der Waals surface area contributed by atoms with Crippen LogP contribution < -0.4 is 9.47 Å². The Bertz CT molecular complexity index is 1200. The first-order chi connectivity index (χ1) is 16.6. The van der Waals surface area contributed by atoms with Crippen molar-refractivity contribution in [2.75, 3.05) is 48.5 Å². The number of Topliss-reactive ketones (excluding diaryl/α,β-unsaturated/α-hetero) is 1. The number of carbonyl (C=O) groups excluding carboxylic acids is 3. The van der Waals surface area contributed by atoms with Crippen molar-refractivity contribution in [3.63, 3.8) is 0 Å². The fourth-order valence-electron chi connectivity index (χ4n) is 4.34. The fourth-order valence-corrected chi connectivity index (χ4v) is 4.34. The summed E-state index contributed by atoms with van der Waals surface area (Å²) in [4.78, 5) is 44.9. The molecule has 1 aromatic heterocycles. The number of ketones is 1. The number of methoxy groups -OCH3 is 3. The van der Waals surface area contributed by atoms with Crippen molar-refractivity contribution in [1.82, 2.24) is 14.8 Å². The van der Waals surface area contributed by atoms with Crippen molar-refractivity contribution in [3.8, 4) is 11.5 Å². The molecule has 1 unspecified atom stereocenters. The van der Waals surface area contributed by atoms with Crippen LogP contribution >= 0.6 is 0 Å². The number of ether oxygens (including phenoxy) is 3. The molecule has 0 spiro atoms. The van der Waals surface area contributed by atoms with Gasteiger partial charge in [0.2, 0.25) is 0 Å². The highest BCUT2D eigenvalue weighted by Gasteiger charge is 2.47. The second-order valence-corrected chi connectivity index (χ2v) is 8.52. The predicted molar refractivity (Wildman–Crippen MR) is 129 cm³/mol. The van der Waals surface area contributed by atoms with Crippen molar-refractivity contribution in [2.45, 2.75) is 19.9 Å². The second kappa shape index (κ2) is 10.2. The van der Waals surface area contributed by atoms with Gasteiger partial charge in [-0.1, -0.05) is 0 Å². The van der Waals surface area contributed by atoms with Gasteiger partial charge in [-0.3, -0.25) is 9.59 Å². The fraction of sp³-hybridized carbons (Fsp3) is 0.400. The summed E-state index contributed by atoms with van der Waals surface area (Å²) in [6.07, 6.45) is 0. The van der Waals surface area contributed by atoms with E-state index in [9.17, 15) is 19.5 Å². The largest absolute Gasteiger partial charge is 0.507 e. The Morgan fingerprint density at radius 1 is 1.14 bits per heavy atom. The Kier molecular flexibility index (Phi) is 7.54. The predicted octanol–water partition coefficient (Wildman–Crippen LogP) is 2.42. The molecule has 1 atom stereocenters. The van der Waals surface area contributed by atoms with Crippen molar-refractivity contribution < 1.29 is 33.7 Å². The molecule has 0 aliphatic carbocycles. The number of nitrogens with zero attached hydrogens (tertiary/aromatic N) is 2. The number of H-pyrrole nitrogens is 1. The van der Waals surface area contributed by atoms with Crippen molar-refractivity contribution in [2.24, 2.45) is 0 Å². The second-order valence-electron chi connectivity index (χ2n) is 8.52. The summed E-state index contributed by atoms with van der Waals surface area (Å²) in [5.74, 6) is -1.62. The van der Waals surface area contributed by atoms with E-state index in [1.54, 1.807) is 32.0 Å². The van der Waals surface area contributed by atoms with Crippen LogP contribution in [-0.2, 0) is 14.3 Å². The molecule has 2 aromatic rings. The lowest BCUT2D eigenvalue weighted by Crippen LogP contribution is -2.35. The highest BCUT2D eigenvalue weighted by atomic mass is 16.5. The Hall–Kier alpha value is -3.79. The molecule has 188 valence electrons. The lowest BCUT2D eigenvalue weighted by atomic mass is 9.93. The average Bonchev–Trinajstić information content (AvgIpc) is 3.28. The first kappa shape index (κ1) is 25.8. The van der Waals surface area contributed by atoms with Crippen LogP contribution in [0.25, 0.3) is 5.76 Å². The van der Waals surface area contributed by atoms with E-state index in [-0.39, 0.29) is 29.1 Å². The van der Waals surface area contributed by atoms with Crippen LogP contribution in [0, 0.1) is 13.8 Å². The van der Waals surface area contributed by atoms with Gasteiger partial charge in [-0.15, -0.1) is 0 Å². The standard InChI is InChI=1S/C25H31N3O7/c1-13-18(14(2)26-20(13)25(32)35-7)22(29)19-21(16-12-15(33-5)8-9-17(16)34-6)28(11-10-27(3)4)24(31)23(19)30/h8-9,12,21,26,29H,10-11H2,1-7H3/b22-19-. The minimum absolute atomic E-state index is 0.0954. The van der Waals surface area contributed by atoms with E-state index in [2.05, 4.69) is 4.98 Å². The van der Waals surface area contributed by atoms with Gasteiger partial charge in [0.05, 0.1) is 32.9 Å². The molecule has 0 bridgehead atoms. The zero-order chi connectivity index (χ0) is 26.0. The minimum Gasteiger partial charge on any atom is -0.507 e. The van der Waals surface area contributed by atoms with Gasteiger partial charge < -0.3 is 34.1 Å². The molecular formula is C25H31N3O7. The van der Waals surface area contributed by atoms with Gasteiger partial charge in [0.1, 0.15) is 23.0 Å². The molecule has 1 aromatic carbocycles. The Morgan fingerprint density at radius 3 is 2.40 bits per heavy atom. The maximum absolute atomic E-state index is 13.3. The van der Waals surface area contributed by atoms with E-state index in [1.165, 1.54) is 26.2 Å². The number of rotatable bonds is 8. The van der Waals surface area contributed by atoms with E-state index in [1.807, 2.05) is 19.0 Å². The molecule has 3 rings (SSSR count). The van der Waals surface area contributed by atoms with Crippen molar-refractivity contribution in [1.29, 1.82) is 0 Å². The molecule has 10 heteroatoms. The first-order valence-electron chi connectivity index (χ1n) is 11.0. The molecule has 1 aliphatic rings. The number of aliphatic hydroxyl groups is 1. The zero-order valence-electron chi connectivity index (χ0n) is 21.0. The number of aromatic nitrogens is 1. The number of nitrogens with one attached hydrogen (secondary N) is 1. The van der Waals surface area contributed by atoms with Crippen LogP contribution in [0.4, 0.5) is 0 Å². The summed E-state index contributed by atoms with van der Waals surface area (Å²) in [5, 5.41) is 11.5. The van der Waals surface area contributed by atoms with Gasteiger partial charge in [-0.05, 0) is 51.7 Å². The van der Waals surface area contributed by atoms with Gasteiger partial charge in [0.25, 0.3) is 11.7 Å². The quantitative estimate of drug-likeness (QED) is 0.253. The molecule has 2 N–H and O–H groups in total. The lowest BCUT2D eigenvalue weighted by Gasteiger charge is -2.28. The average molecular weight is 486 g/mol. The summed E-state index contributed by atoms with van der Waals surface area (Å²) >= 11 is 0. The van der Waals surface area contributed by atoms with Crippen LogP contribution in [0.1, 0.15) is 38.9 Å². The minimum atomic E-state index is -0.935. The van der Waals surface area contributed by atoms with E-state index >= 15 is 0 Å². The molecule has 10 nitrogen and oxygen atoms in total. The van der Waals surface area contributed by atoms with E-state index in [0.717, 1.165) is 0 Å². The molecule has 35 heavy (non-hydrogen) atoms. The molecule has 2 heterocycles. The number of likely N-dealkylation sites (tertiary alicyclic amines) is 1. The summed E-state index contributed by atoms with van der Waals surface area (Å²) in [6.45, 7) is 4.02. The third-order valence-electron chi connectivity index (χ3n) is 6.12. The SMILES string of the molecule is COC(=O)c1[nH]c(C)c(/C(O)=C2/C(=O)C(=O)N(CCN(C)C)C2c2cc(OC)ccc2OC)c1C. The smallest absolute Gasteiger partial charge is 0.354 e. The van der Waals surface area contributed by atoms with E-state index in [0.29, 0.717) is 34.9 Å². The third kappa shape index (κ3) is 4.61. The molecule has 1 amide bonds. The Morgan fingerprint density at radius 2 is 1.83 bits per heavy atom. The summed E-state index contributed by atoms with van der Waals surface area (Å²) in [6, 6.07) is 4.14. The lowest BCUT2D eigenvalue weighted by molar-refractivity contribution is -0.140. The number of amides is 1.